The van der Waals surface area contributed by atoms with E-state index in [2.05, 4.69) is 41.3 Å². The van der Waals surface area contributed by atoms with Gasteiger partial charge < -0.3 is 4.74 Å². The molecule has 0 saturated carbocycles. The smallest absolute Gasteiger partial charge is 0.315 e. The van der Waals surface area contributed by atoms with Crippen LogP contribution in [0.25, 0.3) is 16.9 Å². The van der Waals surface area contributed by atoms with Crippen LogP contribution in [0, 0.1) is 13.8 Å². The van der Waals surface area contributed by atoms with Gasteiger partial charge in [0, 0.05) is 16.1 Å². The Balaban J connectivity index is 2.16. The van der Waals surface area contributed by atoms with E-state index in [0.29, 0.717) is 6.61 Å². The number of imidazole rings is 1. The largest absolute Gasteiger partial charge is 0.465 e. The van der Waals surface area contributed by atoms with Crippen molar-refractivity contribution in [1.29, 1.82) is 0 Å². The third kappa shape index (κ3) is 3.70. The molecule has 2 heterocycles. The van der Waals surface area contributed by atoms with Gasteiger partial charge >= 0.3 is 5.97 Å². The highest BCUT2D eigenvalue weighted by atomic mass is 79.9. The van der Waals surface area contributed by atoms with Crippen LogP contribution in [-0.2, 0) is 14.9 Å². The van der Waals surface area contributed by atoms with E-state index in [1.54, 1.807) is 0 Å². The fourth-order valence-corrected chi connectivity index (χ4v) is 3.74. The highest BCUT2D eigenvalue weighted by molar-refractivity contribution is 9.10. The molecule has 154 valence electrons. The quantitative estimate of drug-likeness (QED) is 0.456. The Hall–Kier alpha value is -2.21. The maximum Gasteiger partial charge on any atom is 0.315 e. The number of carbonyl (C=O) groups excluding carboxylic acids is 1. The molecule has 3 aromatic rings. The SMILES string of the molecule is CCOC(=O)C(C)(C)c1ccc(-n2c(C(C)C)nc3c(C)c(Br)c(C)nc32)cc1. The zero-order chi connectivity index (χ0) is 21.5. The minimum absolute atomic E-state index is 0.221. The molecule has 0 N–H and O–H groups in total. The number of nitrogens with zero attached hydrogens (tertiary/aromatic N) is 3. The molecule has 0 fully saturated rings. The van der Waals surface area contributed by atoms with Crippen molar-refractivity contribution >= 4 is 33.1 Å². The number of benzene rings is 1. The van der Waals surface area contributed by atoms with Crippen LogP contribution in [-0.4, -0.2) is 27.1 Å². The van der Waals surface area contributed by atoms with E-state index >= 15 is 0 Å². The van der Waals surface area contributed by atoms with Crippen molar-refractivity contribution in [3.8, 4) is 5.69 Å². The van der Waals surface area contributed by atoms with E-state index in [0.717, 1.165) is 44.0 Å². The standard InChI is InChI=1S/C23H28BrN3O2/c1-8-29-22(28)23(6,7)16-9-11-17(12-10-16)27-20(13(2)3)26-19-14(4)18(24)15(5)25-21(19)27/h9-13H,8H2,1-7H3. The first-order valence-electron chi connectivity index (χ1n) is 9.92. The molecular weight excluding hydrogens is 430 g/mol. The summed E-state index contributed by atoms with van der Waals surface area (Å²) in [6, 6.07) is 8.02. The maximum atomic E-state index is 12.4. The lowest BCUT2D eigenvalue weighted by Gasteiger charge is -2.23. The monoisotopic (exact) mass is 457 g/mol. The topological polar surface area (TPSA) is 57.0 Å². The van der Waals surface area contributed by atoms with Gasteiger partial charge in [-0.15, -0.1) is 0 Å². The van der Waals surface area contributed by atoms with Crippen molar-refractivity contribution in [2.24, 2.45) is 0 Å². The third-order valence-corrected chi connectivity index (χ3v) is 6.47. The zero-order valence-electron chi connectivity index (χ0n) is 18.1. The highest BCUT2D eigenvalue weighted by Crippen LogP contribution is 2.32. The first kappa shape index (κ1) is 21.5. The van der Waals surface area contributed by atoms with Gasteiger partial charge in [0.25, 0.3) is 0 Å². The van der Waals surface area contributed by atoms with Crippen LogP contribution < -0.4 is 0 Å². The van der Waals surface area contributed by atoms with Crippen molar-refractivity contribution in [2.75, 3.05) is 6.61 Å². The van der Waals surface area contributed by atoms with Gasteiger partial charge in [-0.1, -0.05) is 26.0 Å². The minimum atomic E-state index is -0.706. The molecule has 0 bridgehead atoms. The number of hydrogen-bond acceptors (Lipinski definition) is 4. The normalized spacial score (nSPS) is 12.0. The molecule has 0 atom stereocenters. The number of hydrogen-bond donors (Lipinski definition) is 0. The third-order valence-electron chi connectivity index (χ3n) is 5.30. The number of aromatic nitrogens is 3. The van der Waals surface area contributed by atoms with Crippen LogP contribution in [0.5, 0.6) is 0 Å². The van der Waals surface area contributed by atoms with Gasteiger partial charge in [-0.3, -0.25) is 9.36 Å². The Kier molecular flexibility index (Phi) is 5.86. The Morgan fingerprint density at radius 1 is 1.17 bits per heavy atom. The van der Waals surface area contributed by atoms with Crippen LogP contribution in [0.4, 0.5) is 0 Å². The molecule has 3 rings (SSSR count). The summed E-state index contributed by atoms with van der Waals surface area (Å²) in [6.07, 6.45) is 0. The van der Waals surface area contributed by atoms with Crippen LogP contribution in [0.15, 0.2) is 28.7 Å². The highest BCUT2D eigenvalue weighted by Gasteiger charge is 2.31. The number of rotatable bonds is 5. The summed E-state index contributed by atoms with van der Waals surface area (Å²) in [6.45, 7) is 14.3. The summed E-state index contributed by atoms with van der Waals surface area (Å²) in [4.78, 5) is 22.1. The van der Waals surface area contributed by atoms with E-state index in [1.807, 2.05) is 52.0 Å². The van der Waals surface area contributed by atoms with Crippen molar-refractivity contribution < 1.29 is 9.53 Å². The fourth-order valence-electron chi connectivity index (χ4n) is 3.47. The van der Waals surface area contributed by atoms with E-state index < -0.39 is 5.41 Å². The molecule has 0 spiro atoms. The van der Waals surface area contributed by atoms with Crippen molar-refractivity contribution in [1.82, 2.24) is 14.5 Å². The van der Waals surface area contributed by atoms with Gasteiger partial charge in [0.05, 0.1) is 17.7 Å². The number of aryl methyl sites for hydroxylation is 2. The molecule has 0 saturated heterocycles. The van der Waals surface area contributed by atoms with Gasteiger partial charge in [-0.25, -0.2) is 9.97 Å². The Labute approximate surface area is 180 Å². The minimum Gasteiger partial charge on any atom is -0.465 e. The summed E-state index contributed by atoms with van der Waals surface area (Å²) < 4.78 is 8.36. The molecule has 1 aromatic carbocycles. The first-order valence-corrected chi connectivity index (χ1v) is 10.7. The lowest BCUT2D eigenvalue weighted by molar-refractivity contribution is -0.148. The number of carbonyl (C=O) groups is 1. The molecule has 5 nitrogen and oxygen atoms in total. The molecule has 6 heteroatoms. The molecule has 0 amide bonds. The Morgan fingerprint density at radius 3 is 2.34 bits per heavy atom. The van der Waals surface area contributed by atoms with E-state index in [1.165, 1.54) is 0 Å². The van der Waals surface area contributed by atoms with E-state index in [-0.39, 0.29) is 11.9 Å². The van der Waals surface area contributed by atoms with Gasteiger partial charge in [0.2, 0.25) is 0 Å². The first-order chi connectivity index (χ1) is 13.6. The summed E-state index contributed by atoms with van der Waals surface area (Å²) in [5, 5.41) is 0. The van der Waals surface area contributed by atoms with Crippen LogP contribution in [0.2, 0.25) is 0 Å². The van der Waals surface area contributed by atoms with Gasteiger partial charge in [-0.05, 0) is 73.8 Å². The van der Waals surface area contributed by atoms with Crippen molar-refractivity contribution in [2.45, 2.75) is 59.8 Å². The van der Waals surface area contributed by atoms with Crippen molar-refractivity contribution in [3.63, 3.8) is 0 Å². The van der Waals surface area contributed by atoms with Crippen LogP contribution in [0.3, 0.4) is 0 Å². The second-order valence-electron chi connectivity index (χ2n) is 8.16. The second-order valence-corrected chi connectivity index (χ2v) is 8.95. The second kappa shape index (κ2) is 7.90. The summed E-state index contributed by atoms with van der Waals surface area (Å²) in [7, 11) is 0. The molecule has 2 aromatic heterocycles. The van der Waals surface area contributed by atoms with Crippen LogP contribution >= 0.6 is 15.9 Å². The van der Waals surface area contributed by atoms with E-state index in [4.69, 9.17) is 14.7 Å². The molecule has 0 unspecified atom stereocenters. The average molecular weight is 458 g/mol. The van der Waals surface area contributed by atoms with Gasteiger partial charge in [0.15, 0.2) is 5.65 Å². The number of esters is 1. The fraction of sp³-hybridized carbons (Fsp3) is 0.435. The summed E-state index contributed by atoms with van der Waals surface area (Å²) in [5.41, 5.74) is 4.97. The molecule has 0 aliphatic carbocycles. The molecule has 29 heavy (non-hydrogen) atoms. The lowest BCUT2D eigenvalue weighted by Crippen LogP contribution is -2.31. The van der Waals surface area contributed by atoms with Crippen molar-refractivity contribution in [3.05, 3.63) is 51.4 Å². The molecule has 0 aliphatic heterocycles. The summed E-state index contributed by atoms with van der Waals surface area (Å²) >= 11 is 3.63. The summed E-state index contributed by atoms with van der Waals surface area (Å²) in [5.74, 6) is 0.977. The average Bonchev–Trinajstić information content (AvgIpc) is 3.06. The predicted molar refractivity (Wildman–Crippen MR) is 120 cm³/mol. The zero-order valence-corrected chi connectivity index (χ0v) is 19.7. The Bertz CT molecular complexity index is 1070. The van der Waals surface area contributed by atoms with E-state index in [9.17, 15) is 4.79 Å². The number of ether oxygens (including phenoxy) is 1. The Morgan fingerprint density at radius 2 is 1.79 bits per heavy atom. The van der Waals surface area contributed by atoms with Gasteiger partial charge in [-0.2, -0.15) is 0 Å². The van der Waals surface area contributed by atoms with Crippen LogP contribution in [0.1, 0.15) is 63.2 Å². The number of halogens is 1. The molecule has 0 radical (unpaired) electrons. The molecular formula is C23H28BrN3O2. The molecule has 0 aliphatic rings. The predicted octanol–water partition coefficient (Wildman–Crippen LogP) is 5.76. The maximum absolute atomic E-state index is 12.4. The number of pyridine rings is 1. The van der Waals surface area contributed by atoms with Gasteiger partial charge in [0.1, 0.15) is 11.3 Å². The number of fused-ring (bicyclic) bond motifs is 1. The lowest BCUT2D eigenvalue weighted by atomic mass is 9.84.